The van der Waals surface area contributed by atoms with Crippen LogP contribution in [-0.4, -0.2) is 63.6 Å². The first-order valence-corrected chi connectivity index (χ1v) is 16.7. The molecule has 8 nitrogen and oxygen atoms in total. The van der Waals surface area contributed by atoms with Gasteiger partial charge in [-0.1, -0.05) is 30.3 Å². The van der Waals surface area contributed by atoms with Crippen LogP contribution in [-0.2, 0) is 32.2 Å². The smallest absolute Gasteiger partial charge is 0.243 e. The number of carbonyl (C=O) groups excluding carboxylic acids is 1. The van der Waals surface area contributed by atoms with E-state index >= 15 is 4.39 Å². The van der Waals surface area contributed by atoms with Crippen LogP contribution in [0.4, 0.5) is 18.9 Å². The van der Waals surface area contributed by atoms with E-state index in [1.165, 1.54) is 18.2 Å². The quantitative estimate of drug-likeness (QED) is 0.249. The molecule has 3 aromatic rings. The van der Waals surface area contributed by atoms with Gasteiger partial charge in [-0.3, -0.25) is 10.1 Å². The van der Waals surface area contributed by atoms with E-state index in [2.05, 4.69) is 21.3 Å². The molecule has 0 bridgehead atoms. The molecule has 3 aromatic carbocycles. The van der Waals surface area contributed by atoms with Gasteiger partial charge in [0.25, 0.3) is 0 Å². The Hall–Kier alpha value is -3.45. The van der Waals surface area contributed by atoms with Crippen LogP contribution in [0.5, 0.6) is 0 Å². The number of hydrogen-bond donors (Lipinski definition) is 4. The van der Waals surface area contributed by atoms with Gasteiger partial charge in [-0.15, -0.1) is 0 Å². The third-order valence-electron chi connectivity index (χ3n) is 8.47. The molecular weight excluding hydrogens is 605 g/mol. The molecule has 3 atom stereocenters. The highest BCUT2D eigenvalue weighted by atomic mass is 32.2. The lowest BCUT2D eigenvalue weighted by Crippen LogP contribution is -2.66. The molecule has 4 N–H and O–H groups in total. The fourth-order valence-electron chi connectivity index (χ4n) is 6.05. The molecule has 45 heavy (non-hydrogen) atoms. The first-order valence-electron chi connectivity index (χ1n) is 15.2. The van der Waals surface area contributed by atoms with Gasteiger partial charge in [-0.2, -0.15) is 0 Å². The molecule has 2 aliphatic heterocycles. The van der Waals surface area contributed by atoms with Gasteiger partial charge in [0.2, 0.25) is 5.91 Å². The van der Waals surface area contributed by atoms with Gasteiger partial charge in [-0.25, -0.2) is 21.6 Å². The van der Waals surface area contributed by atoms with Crippen molar-refractivity contribution in [2.75, 3.05) is 31.6 Å². The van der Waals surface area contributed by atoms with Crippen LogP contribution in [0.15, 0.2) is 71.6 Å². The molecule has 2 fully saturated rings. The number of carbonyl (C=O) groups is 1. The van der Waals surface area contributed by atoms with Crippen LogP contribution in [0.2, 0.25) is 0 Å². The Bertz CT molecular complexity index is 1590. The van der Waals surface area contributed by atoms with Gasteiger partial charge < -0.3 is 20.7 Å². The van der Waals surface area contributed by atoms with Gasteiger partial charge in [0.05, 0.1) is 4.90 Å². The Morgan fingerprint density at radius 2 is 1.76 bits per heavy atom. The first kappa shape index (κ1) is 32.9. The van der Waals surface area contributed by atoms with Crippen molar-refractivity contribution in [1.82, 2.24) is 16.0 Å². The highest BCUT2D eigenvalue weighted by Crippen LogP contribution is 2.32. The number of nitrogens with one attached hydrogen (secondary N) is 4. The third kappa shape index (κ3) is 7.69. The summed E-state index contributed by atoms with van der Waals surface area (Å²) in [5.41, 5.74) is 0.911. The lowest BCUT2D eigenvalue weighted by Gasteiger charge is -2.41. The van der Waals surface area contributed by atoms with E-state index < -0.39 is 38.2 Å². The van der Waals surface area contributed by atoms with Gasteiger partial charge >= 0.3 is 0 Å². The van der Waals surface area contributed by atoms with E-state index in [1.54, 1.807) is 36.4 Å². The number of anilines is 1. The summed E-state index contributed by atoms with van der Waals surface area (Å²) < 4.78 is 76.7. The van der Waals surface area contributed by atoms with Crippen LogP contribution >= 0.6 is 0 Å². The minimum absolute atomic E-state index is 0.00246. The van der Waals surface area contributed by atoms with E-state index in [9.17, 15) is 22.0 Å². The first-order chi connectivity index (χ1) is 21.6. The van der Waals surface area contributed by atoms with Crippen molar-refractivity contribution in [3.05, 3.63) is 95.3 Å². The maximum Gasteiger partial charge on any atom is 0.243 e. The van der Waals surface area contributed by atoms with Crippen molar-refractivity contribution in [2.24, 2.45) is 0 Å². The number of benzene rings is 3. The van der Waals surface area contributed by atoms with E-state index in [-0.39, 0.29) is 54.3 Å². The molecule has 2 heterocycles. The Balaban J connectivity index is 1.43. The lowest BCUT2D eigenvalue weighted by molar-refractivity contribution is -0.123. The minimum atomic E-state index is -3.91. The standard InChI is InChI=1S/C33H39F3N4O4S/c1-22-20-37-21-33(40-22,45(42,43)25-6-3-2-4-7-25)15-12-26-27(34)8-5-9-30(26)39-31(19-23-10-11-28(35)29(36)18-23)32(41)38-24-13-16-44-17-14-24/h2-11,18,22,24,31,37,39-40H,12-17,19-21H2,1H3,(H,38,41)/t22-,31-,33-/m0/s1. The number of ether oxygens (including phenoxy) is 1. The number of halogens is 3. The molecule has 2 aliphatic rings. The normalized spacial score (nSPS) is 21.6. The maximum atomic E-state index is 15.5. The fourth-order valence-corrected chi connectivity index (χ4v) is 8.04. The molecule has 0 saturated carbocycles. The minimum Gasteiger partial charge on any atom is -0.381 e. The zero-order chi connectivity index (χ0) is 32.0. The summed E-state index contributed by atoms with van der Waals surface area (Å²) in [6.07, 6.45) is 1.33. The predicted molar refractivity (Wildman–Crippen MR) is 166 cm³/mol. The van der Waals surface area contributed by atoms with Gasteiger partial charge in [0.1, 0.15) is 16.7 Å². The molecule has 0 aromatic heterocycles. The molecule has 2 saturated heterocycles. The summed E-state index contributed by atoms with van der Waals surface area (Å²) in [4.78, 5) is 12.3. The second-order valence-electron chi connectivity index (χ2n) is 11.8. The van der Waals surface area contributed by atoms with Gasteiger partial charge in [0.15, 0.2) is 21.5 Å². The highest BCUT2D eigenvalue weighted by molar-refractivity contribution is 7.92. The van der Waals surface area contributed by atoms with Crippen molar-refractivity contribution in [2.45, 2.75) is 66.9 Å². The van der Waals surface area contributed by atoms with E-state index in [0.29, 0.717) is 43.9 Å². The van der Waals surface area contributed by atoms with E-state index in [1.807, 2.05) is 6.92 Å². The summed E-state index contributed by atoms with van der Waals surface area (Å²) in [6, 6.07) is 14.8. The summed E-state index contributed by atoms with van der Waals surface area (Å²) in [6.45, 7) is 3.60. The Labute approximate surface area is 262 Å². The largest absolute Gasteiger partial charge is 0.381 e. The summed E-state index contributed by atoms with van der Waals surface area (Å²) in [5.74, 6) is -2.96. The zero-order valence-corrected chi connectivity index (χ0v) is 25.9. The van der Waals surface area contributed by atoms with Crippen molar-refractivity contribution in [1.29, 1.82) is 0 Å². The Kier molecular flexibility index (Phi) is 10.5. The average Bonchev–Trinajstić information content (AvgIpc) is 3.03. The Morgan fingerprint density at radius 3 is 2.47 bits per heavy atom. The van der Waals surface area contributed by atoms with Crippen molar-refractivity contribution >= 4 is 21.4 Å². The summed E-state index contributed by atoms with van der Waals surface area (Å²) >= 11 is 0. The highest BCUT2D eigenvalue weighted by Gasteiger charge is 2.47. The molecule has 5 rings (SSSR count). The fraction of sp³-hybridized carbons (Fsp3) is 0.424. The molecule has 0 aliphatic carbocycles. The topological polar surface area (TPSA) is 109 Å². The van der Waals surface area contributed by atoms with Crippen molar-refractivity contribution in [3.8, 4) is 0 Å². The lowest BCUT2D eigenvalue weighted by atomic mass is 9.98. The molecule has 1 amide bonds. The second kappa shape index (κ2) is 14.3. The average molecular weight is 645 g/mol. The Morgan fingerprint density at radius 1 is 1.00 bits per heavy atom. The summed E-state index contributed by atoms with van der Waals surface area (Å²) in [7, 11) is -3.91. The monoisotopic (exact) mass is 644 g/mol. The number of piperazine rings is 1. The van der Waals surface area contributed by atoms with Gasteiger partial charge in [-0.05, 0) is 74.6 Å². The van der Waals surface area contributed by atoms with Crippen LogP contribution in [0.25, 0.3) is 0 Å². The van der Waals surface area contributed by atoms with Crippen LogP contribution < -0.4 is 21.3 Å². The van der Waals surface area contributed by atoms with Crippen molar-refractivity contribution < 1.29 is 31.1 Å². The number of amides is 1. The second-order valence-corrected chi connectivity index (χ2v) is 14.1. The molecule has 0 radical (unpaired) electrons. The SMILES string of the molecule is C[C@H]1CNC[C@](CCc2c(F)cccc2N[C@@H](Cc2ccc(F)c(F)c2)C(=O)NC2CCOCC2)(S(=O)(=O)c2ccccc2)N1. The summed E-state index contributed by atoms with van der Waals surface area (Å²) in [5, 5.41) is 12.7. The maximum absolute atomic E-state index is 15.5. The number of hydrogen-bond acceptors (Lipinski definition) is 7. The molecule has 12 heteroatoms. The molecule has 0 spiro atoms. The van der Waals surface area contributed by atoms with Crippen LogP contribution in [0.3, 0.4) is 0 Å². The molecular formula is C33H39F3N4O4S. The molecule has 242 valence electrons. The van der Waals surface area contributed by atoms with Crippen molar-refractivity contribution in [3.63, 3.8) is 0 Å². The third-order valence-corrected chi connectivity index (χ3v) is 10.9. The molecule has 0 unspecified atom stereocenters. The van der Waals surface area contributed by atoms with Crippen LogP contribution in [0, 0.1) is 17.5 Å². The van der Waals surface area contributed by atoms with Gasteiger partial charge in [0, 0.05) is 56.1 Å². The number of rotatable bonds is 11. The number of sulfone groups is 1. The van der Waals surface area contributed by atoms with Crippen LogP contribution in [0.1, 0.15) is 37.3 Å². The predicted octanol–water partition coefficient (Wildman–Crippen LogP) is 4.11. The van der Waals surface area contributed by atoms with E-state index in [0.717, 1.165) is 12.1 Å². The zero-order valence-electron chi connectivity index (χ0n) is 25.1. The van der Waals surface area contributed by atoms with E-state index in [4.69, 9.17) is 4.74 Å².